The topological polar surface area (TPSA) is 36.9 Å². The van der Waals surface area contributed by atoms with Crippen molar-refractivity contribution in [3.8, 4) is 0 Å². The Morgan fingerprint density at radius 1 is 1.07 bits per heavy atom. The van der Waals surface area contributed by atoms with Gasteiger partial charge in [0.15, 0.2) is 5.96 Å². The molecule has 1 atom stereocenters. The summed E-state index contributed by atoms with van der Waals surface area (Å²) in [6, 6.07) is 21.2. The van der Waals surface area contributed by atoms with Crippen molar-refractivity contribution >= 4 is 29.9 Å². The second kappa shape index (κ2) is 12.8. The predicted molar refractivity (Wildman–Crippen MR) is 127 cm³/mol. The van der Waals surface area contributed by atoms with E-state index in [9.17, 15) is 0 Å². The highest BCUT2D eigenvalue weighted by atomic mass is 127. The van der Waals surface area contributed by atoms with Crippen molar-refractivity contribution in [1.82, 2.24) is 10.2 Å². The first-order valence-electron chi connectivity index (χ1n) is 9.99. The predicted octanol–water partition coefficient (Wildman–Crippen LogP) is 4.67. The average molecular weight is 493 g/mol. The zero-order valence-corrected chi connectivity index (χ0v) is 19.0. The van der Waals surface area contributed by atoms with Crippen LogP contribution in [-0.2, 0) is 11.3 Å². The van der Waals surface area contributed by atoms with E-state index in [1.807, 2.05) is 13.1 Å². The molecule has 0 radical (unpaired) electrons. The van der Waals surface area contributed by atoms with Gasteiger partial charge in [-0.3, -0.25) is 4.99 Å². The van der Waals surface area contributed by atoms with Crippen LogP contribution in [0.3, 0.4) is 0 Å². The number of nitrogens with one attached hydrogen (secondary N) is 1. The summed E-state index contributed by atoms with van der Waals surface area (Å²) in [6.07, 6.45) is 3.34. The smallest absolute Gasteiger partial charge is 0.193 e. The van der Waals surface area contributed by atoms with Gasteiger partial charge in [-0.25, -0.2) is 0 Å². The van der Waals surface area contributed by atoms with Crippen LogP contribution in [0.2, 0.25) is 0 Å². The standard InChI is InChI=1S/C23H31N3O.HI/c1-24-23(26-16-14-22(18-26)21-12-6-3-7-13-21)25-15-8-9-17-27-19-20-10-4-2-5-11-20;/h2-7,10-13,22H,8-9,14-19H2,1H3,(H,24,25);1H. The Bertz CT molecular complexity index is 694. The lowest BCUT2D eigenvalue weighted by Gasteiger charge is -2.21. The van der Waals surface area contributed by atoms with E-state index < -0.39 is 0 Å². The van der Waals surface area contributed by atoms with Crippen LogP contribution in [-0.4, -0.2) is 44.1 Å². The molecule has 1 heterocycles. The highest BCUT2D eigenvalue weighted by Gasteiger charge is 2.25. The molecule has 28 heavy (non-hydrogen) atoms. The maximum absolute atomic E-state index is 5.75. The Kier molecular flexibility index (Phi) is 10.4. The quantitative estimate of drug-likeness (QED) is 0.252. The second-order valence-electron chi connectivity index (χ2n) is 7.06. The number of nitrogens with zero attached hydrogens (tertiary/aromatic N) is 2. The van der Waals surface area contributed by atoms with Gasteiger partial charge in [0.2, 0.25) is 0 Å². The van der Waals surface area contributed by atoms with Gasteiger partial charge in [-0.2, -0.15) is 0 Å². The molecule has 0 amide bonds. The van der Waals surface area contributed by atoms with Crippen molar-refractivity contribution in [2.24, 2.45) is 4.99 Å². The fourth-order valence-corrected chi connectivity index (χ4v) is 3.58. The van der Waals surface area contributed by atoms with E-state index in [-0.39, 0.29) is 24.0 Å². The van der Waals surface area contributed by atoms with Crippen molar-refractivity contribution in [3.05, 3.63) is 71.8 Å². The molecule has 1 aliphatic heterocycles. The van der Waals surface area contributed by atoms with E-state index in [1.165, 1.54) is 17.5 Å². The van der Waals surface area contributed by atoms with E-state index in [0.29, 0.717) is 12.5 Å². The molecular formula is C23H32IN3O. The molecule has 0 saturated carbocycles. The largest absolute Gasteiger partial charge is 0.377 e. The van der Waals surface area contributed by atoms with Crippen LogP contribution in [0.4, 0.5) is 0 Å². The molecule has 0 aromatic heterocycles. The summed E-state index contributed by atoms with van der Waals surface area (Å²) >= 11 is 0. The normalized spacial score (nSPS) is 16.7. The molecule has 0 spiro atoms. The first-order chi connectivity index (χ1) is 13.4. The monoisotopic (exact) mass is 493 g/mol. The molecule has 5 heteroatoms. The second-order valence-corrected chi connectivity index (χ2v) is 7.06. The molecule has 0 bridgehead atoms. The Morgan fingerprint density at radius 3 is 2.50 bits per heavy atom. The first kappa shape index (κ1) is 22.7. The lowest BCUT2D eigenvalue weighted by molar-refractivity contribution is 0.117. The molecule has 3 rings (SSSR count). The third-order valence-corrected chi connectivity index (χ3v) is 5.08. The Morgan fingerprint density at radius 2 is 1.79 bits per heavy atom. The number of ether oxygens (including phenoxy) is 1. The minimum atomic E-state index is 0. The minimum Gasteiger partial charge on any atom is -0.377 e. The molecule has 1 unspecified atom stereocenters. The van der Waals surface area contributed by atoms with Crippen molar-refractivity contribution in [2.75, 3.05) is 33.3 Å². The molecule has 0 aliphatic carbocycles. The lowest BCUT2D eigenvalue weighted by atomic mass is 9.99. The maximum atomic E-state index is 5.75. The van der Waals surface area contributed by atoms with Crippen LogP contribution in [0, 0.1) is 0 Å². The molecule has 1 fully saturated rings. The molecule has 2 aromatic rings. The molecule has 1 saturated heterocycles. The number of rotatable bonds is 8. The van der Waals surface area contributed by atoms with Crippen molar-refractivity contribution in [1.29, 1.82) is 0 Å². The van der Waals surface area contributed by atoms with E-state index in [4.69, 9.17) is 4.74 Å². The summed E-state index contributed by atoms with van der Waals surface area (Å²) in [5.74, 6) is 1.63. The van der Waals surface area contributed by atoms with Crippen LogP contribution in [0.15, 0.2) is 65.7 Å². The van der Waals surface area contributed by atoms with Gasteiger partial charge in [0.1, 0.15) is 0 Å². The highest BCUT2D eigenvalue weighted by Crippen LogP contribution is 2.26. The van der Waals surface area contributed by atoms with Crippen molar-refractivity contribution < 1.29 is 4.74 Å². The molecule has 1 N–H and O–H groups in total. The van der Waals surface area contributed by atoms with Gasteiger partial charge in [-0.15, -0.1) is 24.0 Å². The van der Waals surface area contributed by atoms with Gasteiger partial charge in [-0.1, -0.05) is 60.7 Å². The Labute approximate surface area is 186 Å². The van der Waals surface area contributed by atoms with Crippen molar-refractivity contribution in [2.45, 2.75) is 31.8 Å². The summed E-state index contributed by atoms with van der Waals surface area (Å²) in [7, 11) is 1.88. The fourth-order valence-electron chi connectivity index (χ4n) is 3.58. The molecular weight excluding hydrogens is 461 g/mol. The number of benzene rings is 2. The van der Waals surface area contributed by atoms with Gasteiger partial charge in [0, 0.05) is 39.2 Å². The van der Waals surface area contributed by atoms with Crippen LogP contribution >= 0.6 is 24.0 Å². The minimum absolute atomic E-state index is 0. The number of hydrogen-bond acceptors (Lipinski definition) is 2. The Hall–Kier alpha value is -1.60. The molecule has 2 aromatic carbocycles. The summed E-state index contributed by atoms with van der Waals surface area (Å²) < 4.78 is 5.75. The fraction of sp³-hybridized carbons (Fsp3) is 0.435. The van der Waals surface area contributed by atoms with Gasteiger partial charge >= 0.3 is 0 Å². The number of aliphatic imine (C=N–C) groups is 1. The molecule has 4 nitrogen and oxygen atoms in total. The molecule has 1 aliphatic rings. The number of guanidine groups is 1. The SMILES string of the molecule is CN=C(NCCCCOCc1ccccc1)N1CCC(c2ccccc2)C1.I. The van der Waals surface area contributed by atoms with Gasteiger partial charge < -0.3 is 15.0 Å². The number of hydrogen-bond donors (Lipinski definition) is 1. The number of halogens is 1. The lowest BCUT2D eigenvalue weighted by Crippen LogP contribution is -2.40. The third-order valence-electron chi connectivity index (χ3n) is 5.08. The Balaban J connectivity index is 0.00000280. The van der Waals surface area contributed by atoms with E-state index in [0.717, 1.165) is 45.0 Å². The summed E-state index contributed by atoms with van der Waals surface area (Å²) in [6.45, 7) is 4.55. The summed E-state index contributed by atoms with van der Waals surface area (Å²) in [5, 5.41) is 3.51. The highest BCUT2D eigenvalue weighted by molar-refractivity contribution is 14.0. The summed E-state index contributed by atoms with van der Waals surface area (Å²) in [4.78, 5) is 6.85. The van der Waals surface area contributed by atoms with Crippen LogP contribution in [0.25, 0.3) is 0 Å². The third kappa shape index (κ3) is 7.09. The molecule has 152 valence electrons. The van der Waals surface area contributed by atoms with E-state index in [1.54, 1.807) is 0 Å². The van der Waals surface area contributed by atoms with Gasteiger partial charge in [-0.05, 0) is 30.4 Å². The zero-order valence-electron chi connectivity index (χ0n) is 16.7. The van der Waals surface area contributed by atoms with E-state index >= 15 is 0 Å². The number of unbranched alkanes of at least 4 members (excludes halogenated alkanes) is 1. The van der Waals surface area contributed by atoms with Crippen molar-refractivity contribution in [3.63, 3.8) is 0 Å². The van der Waals surface area contributed by atoms with Crippen LogP contribution in [0.1, 0.15) is 36.3 Å². The summed E-state index contributed by atoms with van der Waals surface area (Å²) in [5.41, 5.74) is 2.67. The first-order valence-corrected chi connectivity index (χ1v) is 9.99. The maximum Gasteiger partial charge on any atom is 0.193 e. The zero-order chi connectivity index (χ0) is 18.7. The van der Waals surface area contributed by atoms with Crippen LogP contribution in [0.5, 0.6) is 0 Å². The van der Waals surface area contributed by atoms with Gasteiger partial charge in [0.05, 0.1) is 6.61 Å². The van der Waals surface area contributed by atoms with E-state index in [2.05, 4.69) is 69.8 Å². The van der Waals surface area contributed by atoms with Gasteiger partial charge in [0.25, 0.3) is 0 Å². The number of likely N-dealkylation sites (tertiary alicyclic amines) is 1. The van der Waals surface area contributed by atoms with Crippen LogP contribution < -0.4 is 5.32 Å². The average Bonchev–Trinajstić information content (AvgIpc) is 3.21.